The van der Waals surface area contributed by atoms with Crippen LogP contribution in [0.4, 0.5) is 0 Å². The topological polar surface area (TPSA) is 62.5 Å². The Labute approximate surface area is 156 Å². The third-order valence-electron chi connectivity index (χ3n) is 6.43. The molecule has 1 atom stereocenters. The zero-order valence-electron chi connectivity index (χ0n) is 16.2. The molecule has 1 aromatic heterocycles. The molecule has 0 radical (unpaired) electrons. The van der Waals surface area contributed by atoms with Gasteiger partial charge < -0.3 is 9.42 Å². The number of carbonyl (C=O) groups is 1. The van der Waals surface area contributed by atoms with Crippen LogP contribution in [0.5, 0.6) is 0 Å². The monoisotopic (exact) mass is 360 g/mol. The Balaban J connectivity index is 1.39. The second-order valence-corrected chi connectivity index (χ2v) is 8.98. The van der Waals surface area contributed by atoms with E-state index in [0.717, 1.165) is 57.0 Å². The van der Waals surface area contributed by atoms with Crippen molar-refractivity contribution in [2.24, 2.45) is 11.3 Å². The SMILES string of the molecule is CC(C)Cc1nc(CN2CCC3(CCCN(C4CCCC4)C3=O)C2)no1. The van der Waals surface area contributed by atoms with Gasteiger partial charge in [0.15, 0.2) is 5.82 Å². The summed E-state index contributed by atoms with van der Waals surface area (Å²) in [5, 5.41) is 4.14. The van der Waals surface area contributed by atoms with Gasteiger partial charge in [-0.2, -0.15) is 4.98 Å². The maximum Gasteiger partial charge on any atom is 0.230 e. The first-order valence-corrected chi connectivity index (χ1v) is 10.4. The molecule has 1 aromatic rings. The first-order chi connectivity index (χ1) is 12.6. The molecular formula is C20H32N4O2. The average Bonchev–Trinajstić information content (AvgIpc) is 3.33. The second kappa shape index (κ2) is 7.29. The predicted octanol–water partition coefficient (Wildman–Crippen LogP) is 3.03. The minimum Gasteiger partial charge on any atom is -0.339 e. The summed E-state index contributed by atoms with van der Waals surface area (Å²) in [4.78, 5) is 22.4. The normalized spacial score (nSPS) is 28.1. The van der Waals surface area contributed by atoms with E-state index in [-0.39, 0.29) is 5.41 Å². The third-order valence-corrected chi connectivity index (χ3v) is 6.43. The highest BCUT2D eigenvalue weighted by Crippen LogP contribution is 2.42. The van der Waals surface area contributed by atoms with Gasteiger partial charge in [0, 0.05) is 25.6 Å². The highest BCUT2D eigenvalue weighted by atomic mass is 16.5. The highest BCUT2D eigenvalue weighted by Gasteiger charge is 2.49. The smallest absolute Gasteiger partial charge is 0.230 e. The fraction of sp³-hybridized carbons (Fsp3) is 0.850. The number of nitrogens with zero attached hydrogens (tertiary/aromatic N) is 4. The molecule has 26 heavy (non-hydrogen) atoms. The van der Waals surface area contributed by atoms with Gasteiger partial charge in [0.25, 0.3) is 0 Å². The summed E-state index contributed by atoms with van der Waals surface area (Å²) >= 11 is 0. The minimum absolute atomic E-state index is 0.161. The van der Waals surface area contributed by atoms with Gasteiger partial charge in [0.05, 0.1) is 12.0 Å². The Morgan fingerprint density at radius 2 is 2.00 bits per heavy atom. The molecule has 3 heterocycles. The Hall–Kier alpha value is -1.43. The number of rotatable bonds is 5. The van der Waals surface area contributed by atoms with Crippen molar-refractivity contribution in [1.29, 1.82) is 0 Å². The van der Waals surface area contributed by atoms with Gasteiger partial charge in [0.2, 0.25) is 11.8 Å². The molecule has 1 saturated carbocycles. The van der Waals surface area contributed by atoms with Crippen molar-refractivity contribution in [1.82, 2.24) is 19.9 Å². The van der Waals surface area contributed by atoms with Gasteiger partial charge in [-0.05, 0) is 44.6 Å². The molecule has 1 aliphatic carbocycles. The van der Waals surface area contributed by atoms with E-state index in [1.165, 1.54) is 25.7 Å². The molecule has 0 N–H and O–H groups in total. The van der Waals surface area contributed by atoms with Crippen molar-refractivity contribution in [2.75, 3.05) is 19.6 Å². The molecule has 1 unspecified atom stereocenters. The van der Waals surface area contributed by atoms with Gasteiger partial charge in [-0.25, -0.2) is 0 Å². The fourth-order valence-corrected chi connectivity index (χ4v) is 5.12. The van der Waals surface area contributed by atoms with E-state index in [9.17, 15) is 4.79 Å². The first-order valence-electron chi connectivity index (χ1n) is 10.4. The van der Waals surface area contributed by atoms with Crippen LogP contribution < -0.4 is 0 Å². The zero-order valence-corrected chi connectivity index (χ0v) is 16.2. The van der Waals surface area contributed by atoms with Crippen molar-refractivity contribution in [3.05, 3.63) is 11.7 Å². The Bertz CT molecular complexity index is 638. The molecule has 2 saturated heterocycles. The average molecular weight is 361 g/mol. The van der Waals surface area contributed by atoms with Gasteiger partial charge in [-0.15, -0.1) is 0 Å². The molecule has 144 valence electrons. The molecule has 4 rings (SSSR count). The number of likely N-dealkylation sites (tertiary alicyclic amines) is 2. The lowest BCUT2D eigenvalue weighted by Gasteiger charge is -2.42. The van der Waals surface area contributed by atoms with Crippen LogP contribution in [0.15, 0.2) is 4.52 Å². The van der Waals surface area contributed by atoms with Crippen molar-refractivity contribution in [3.63, 3.8) is 0 Å². The molecular weight excluding hydrogens is 328 g/mol. The van der Waals surface area contributed by atoms with Crippen LogP contribution in [-0.2, 0) is 17.8 Å². The predicted molar refractivity (Wildman–Crippen MR) is 98.4 cm³/mol. The lowest BCUT2D eigenvalue weighted by Crippen LogP contribution is -2.53. The molecule has 1 amide bonds. The third kappa shape index (κ3) is 3.53. The molecule has 2 aliphatic heterocycles. The minimum atomic E-state index is -0.161. The first kappa shape index (κ1) is 18.0. The van der Waals surface area contributed by atoms with Crippen LogP contribution in [0.1, 0.15) is 70.5 Å². The summed E-state index contributed by atoms with van der Waals surface area (Å²) in [6.45, 7) is 7.77. The molecule has 6 nitrogen and oxygen atoms in total. The van der Waals surface area contributed by atoms with Gasteiger partial charge in [0.1, 0.15) is 0 Å². The molecule has 0 aromatic carbocycles. The largest absolute Gasteiger partial charge is 0.339 e. The van der Waals surface area contributed by atoms with E-state index < -0.39 is 0 Å². The van der Waals surface area contributed by atoms with Crippen molar-refractivity contribution in [3.8, 4) is 0 Å². The lowest BCUT2D eigenvalue weighted by atomic mass is 9.77. The van der Waals surface area contributed by atoms with E-state index in [1.54, 1.807) is 0 Å². The summed E-state index contributed by atoms with van der Waals surface area (Å²) in [6.07, 6.45) is 8.96. The fourth-order valence-electron chi connectivity index (χ4n) is 5.12. The van der Waals surface area contributed by atoms with E-state index >= 15 is 0 Å². The second-order valence-electron chi connectivity index (χ2n) is 8.98. The van der Waals surface area contributed by atoms with Crippen LogP contribution >= 0.6 is 0 Å². The zero-order chi connectivity index (χ0) is 18.1. The Morgan fingerprint density at radius 1 is 1.19 bits per heavy atom. The van der Waals surface area contributed by atoms with Crippen molar-refractivity contribution in [2.45, 2.75) is 77.8 Å². The number of amides is 1. The van der Waals surface area contributed by atoms with Crippen LogP contribution in [0.3, 0.4) is 0 Å². The van der Waals surface area contributed by atoms with Crippen LogP contribution in [0.2, 0.25) is 0 Å². The highest BCUT2D eigenvalue weighted by molar-refractivity contribution is 5.84. The Morgan fingerprint density at radius 3 is 2.77 bits per heavy atom. The summed E-state index contributed by atoms with van der Waals surface area (Å²) < 4.78 is 5.37. The van der Waals surface area contributed by atoms with Gasteiger partial charge in [-0.1, -0.05) is 31.8 Å². The van der Waals surface area contributed by atoms with E-state index in [1.807, 2.05) is 0 Å². The number of aromatic nitrogens is 2. The number of hydrogen-bond donors (Lipinski definition) is 0. The van der Waals surface area contributed by atoms with E-state index in [0.29, 0.717) is 24.4 Å². The maximum atomic E-state index is 13.3. The number of carbonyl (C=O) groups excluding carboxylic acids is 1. The summed E-state index contributed by atoms with van der Waals surface area (Å²) in [7, 11) is 0. The van der Waals surface area contributed by atoms with Crippen LogP contribution in [-0.4, -0.2) is 51.5 Å². The van der Waals surface area contributed by atoms with Crippen LogP contribution in [0, 0.1) is 11.3 Å². The number of piperidine rings is 1. The van der Waals surface area contributed by atoms with E-state index in [4.69, 9.17) is 4.52 Å². The molecule has 1 spiro atoms. The molecule has 6 heteroatoms. The molecule has 3 aliphatic rings. The summed E-state index contributed by atoms with van der Waals surface area (Å²) in [5.41, 5.74) is -0.161. The number of hydrogen-bond acceptors (Lipinski definition) is 5. The molecule has 3 fully saturated rings. The van der Waals surface area contributed by atoms with Crippen molar-refractivity contribution >= 4 is 5.91 Å². The van der Waals surface area contributed by atoms with Crippen molar-refractivity contribution < 1.29 is 9.32 Å². The summed E-state index contributed by atoms with van der Waals surface area (Å²) in [5.74, 6) is 2.42. The standard InChI is InChI=1S/C20H32N4O2/c1-15(2)12-18-21-17(22-26-18)13-23-11-9-20(14-23)8-5-10-24(19(20)25)16-6-3-4-7-16/h15-16H,3-14H2,1-2H3. The quantitative estimate of drug-likeness (QED) is 0.808. The lowest BCUT2D eigenvalue weighted by molar-refractivity contribution is -0.148. The van der Waals surface area contributed by atoms with Gasteiger partial charge in [-0.3, -0.25) is 9.69 Å². The Kier molecular flexibility index (Phi) is 5.04. The molecule has 0 bridgehead atoms. The van der Waals surface area contributed by atoms with E-state index in [2.05, 4.69) is 33.8 Å². The van der Waals surface area contributed by atoms with Crippen LogP contribution in [0.25, 0.3) is 0 Å². The maximum absolute atomic E-state index is 13.3. The summed E-state index contributed by atoms with van der Waals surface area (Å²) in [6, 6.07) is 0.504. The van der Waals surface area contributed by atoms with Gasteiger partial charge >= 0.3 is 0 Å².